The standard InChI is InChI=1S/C26H36N2O2/c1-25(2,3)21-15-19(16-22(24(21)30)26(4,5)6)17-27-23(29)14-11-18-9-12-20(13-10-18)28(7)8/h9-16,30H,17H2,1-8H3,(H,27,29). The Kier molecular flexibility index (Phi) is 7.02. The van der Waals surface area contributed by atoms with E-state index in [1.807, 2.05) is 61.5 Å². The lowest BCUT2D eigenvalue weighted by molar-refractivity contribution is -0.116. The number of hydrogen-bond acceptors (Lipinski definition) is 3. The second-order valence-corrected chi connectivity index (χ2v) is 10.1. The Labute approximate surface area is 181 Å². The predicted octanol–water partition coefficient (Wildman–Crippen LogP) is 5.38. The van der Waals surface area contributed by atoms with Gasteiger partial charge in [-0.2, -0.15) is 0 Å². The molecule has 2 rings (SSSR count). The molecular weight excluding hydrogens is 372 g/mol. The van der Waals surface area contributed by atoms with Crippen LogP contribution in [0.15, 0.2) is 42.5 Å². The third kappa shape index (κ3) is 6.12. The van der Waals surface area contributed by atoms with Gasteiger partial charge in [-0.3, -0.25) is 4.79 Å². The summed E-state index contributed by atoms with van der Waals surface area (Å²) in [5.74, 6) is 0.209. The van der Waals surface area contributed by atoms with Crippen LogP contribution in [0.1, 0.15) is 63.8 Å². The smallest absolute Gasteiger partial charge is 0.244 e. The van der Waals surface area contributed by atoms with E-state index in [-0.39, 0.29) is 16.7 Å². The molecule has 2 aromatic rings. The summed E-state index contributed by atoms with van der Waals surface area (Å²) in [7, 11) is 4.00. The molecule has 0 unspecified atom stereocenters. The number of phenols is 1. The van der Waals surface area contributed by atoms with Gasteiger partial charge in [0.25, 0.3) is 0 Å². The zero-order valence-electron chi connectivity index (χ0n) is 19.6. The topological polar surface area (TPSA) is 52.6 Å². The van der Waals surface area contributed by atoms with Crippen molar-refractivity contribution in [2.45, 2.75) is 58.9 Å². The molecule has 4 heteroatoms. The molecule has 0 fully saturated rings. The molecule has 0 aliphatic rings. The van der Waals surface area contributed by atoms with Crippen LogP contribution in [-0.4, -0.2) is 25.1 Å². The molecule has 2 aromatic carbocycles. The monoisotopic (exact) mass is 408 g/mol. The van der Waals surface area contributed by atoms with Gasteiger partial charge in [-0.15, -0.1) is 0 Å². The lowest BCUT2D eigenvalue weighted by Crippen LogP contribution is -2.22. The summed E-state index contributed by atoms with van der Waals surface area (Å²) in [5, 5.41) is 13.8. The van der Waals surface area contributed by atoms with Crippen LogP contribution in [-0.2, 0) is 22.2 Å². The Morgan fingerprint density at radius 2 is 1.47 bits per heavy atom. The van der Waals surface area contributed by atoms with E-state index < -0.39 is 0 Å². The summed E-state index contributed by atoms with van der Waals surface area (Å²) in [4.78, 5) is 14.4. The third-order valence-corrected chi connectivity index (χ3v) is 5.09. The molecule has 0 saturated heterocycles. The summed E-state index contributed by atoms with van der Waals surface area (Å²) >= 11 is 0. The fourth-order valence-corrected chi connectivity index (χ4v) is 3.24. The number of phenolic OH excluding ortho intramolecular Hbond substituents is 1. The average molecular weight is 409 g/mol. The number of nitrogens with zero attached hydrogens (tertiary/aromatic N) is 1. The Morgan fingerprint density at radius 3 is 1.90 bits per heavy atom. The first kappa shape index (κ1) is 23.5. The fraction of sp³-hybridized carbons (Fsp3) is 0.423. The van der Waals surface area contributed by atoms with Crippen molar-refractivity contribution < 1.29 is 9.90 Å². The number of carbonyl (C=O) groups excluding carboxylic acids is 1. The molecule has 1 amide bonds. The molecule has 0 aromatic heterocycles. The van der Waals surface area contributed by atoms with E-state index in [2.05, 4.69) is 46.9 Å². The van der Waals surface area contributed by atoms with E-state index in [9.17, 15) is 9.90 Å². The van der Waals surface area contributed by atoms with Gasteiger partial charge in [-0.05, 0) is 63.4 Å². The molecule has 0 atom stereocenters. The van der Waals surface area contributed by atoms with Crippen molar-refractivity contribution in [3.63, 3.8) is 0 Å². The first-order valence-electron chi connectivity index (χ1n) is 10.4. The first-order valence-corrected chi connectivity index (χ1v) is 10.4. The second kappa shape index (κ2) is 8.95. The lowest BCUT2D eigenvalue weighted by Gasteiger charge is -2.28. The van der Waals surface area contributed by atoms with Gasteiger partial charge in [0.1, 0.15) is 5.75 Å². The highest BCUT2D eigenvalue weighted by Gasteiger charge is 2.26. The normalized spacial score (nSPS) is 12.3. The minimum absolute atomic E-state index is 0.144. The van der Waals surface area contributed by atoms with Crippen LogP contribution in [0.5, 0.6) is 5.75 Å². The zero-order valence-corrected chi connectivity index (χ0v) is 19.6. The van der Waals surface area contributed by atoms with Crippen molar-refractivity contribution >= 4 is 17.7 Å². The first-order chi connectivity index (χ1) is 13.8. The van der Waals surface area contributed by atoms with Crippen molar-refractivity contribution in [1.82, 2.24) is 5.32 Å². The van der Waals surface area contributed by atoms with Gasteiger partial charge in [-0.1, -0.05) is 53.7 Å². The van der Waals surface area contributed by atoms with Gasteiger partial charge in [0.15, 0.2) is 0 Å². The number of nitrogens with one attached hydrogen (secondary N) is 1. The number of hydrogen-bond donors (Lipinski definition) is 2. The minimum Gasteiger partial charge on any atom is -0.507 e. The number of aromatic hydroxyl groups is 1. The quantitative estimate of drug-likeness (QED) is 0.653. The van der Waals surface area contributed by atoms with Crippen LogP contribution in [0.4, 0.5) is 5.69 Å². The SMILES string of the molecule is CN(C)c1ccc(C=CC(=O)NCc2cc(C(C)(C)C)c(O)c(C(C)(C)C)c2)cc1. The molecule has 0 aliphatic heterocycles. The van der Waals surface area contributed by atoms with Crippen molar-refractivity contribution in [3.8, 4) is 5.75 Å². The van der Waals surface area contributed by atoms with Gasteiger partial charge in [0, 0.05) is 32.4 Å². The molecule has 0 aliphatic carbocycles. The Hall–Kier alpha value is -2.75. The summed E-state index contributed by atoms with van der Waals surface area (Å²) in [6.45, 7) is 12.9. The Bertz CT molecular complexity index is 877. The van der Waals surface area contributed by atoms with Gasteiger partial charge >= 0.3 is 0 Å². The molecule has 0 saturated carbocycles. The molecule has 0 radical (unpaired) electrons. The molecule has 4 nitrogen and oxygen atoms in total. The van der Waals surface area contributed by atoms with Gasteiger partial charge in [0.05, 0.1) is 0 Å². The van der Waals surface area contributed by atoms with Crippen LogP contribution in [0, 0.1) is 0 Å². The molecule has 2 N–H and O–H groups in total. The number of rotatable bonds is 5. The van der Waals surface area contributed by atoms with Crippen LogP contribution < -0.4 is 10.2 Å². The van der Waals surface area contributed by atoms with Crippen LogP contribution >= 0.6 is 0 Å². The number of amides is 1. The van der Waals surface area contributed by atoms with Crippen molar-refractivity contribution in [1.29, 1.82) is 0 Å². The van der Waals surface area contributed by atoms with E-state index >= 15 is 0 Å². The molecule has 0 heterocycles. The summed E-state index contributed by atoms with van der Waals surface area (Å²) in [6.07, 6.45) is 3.37. The lowest BCUT2D eigenvalue weighted by atomic mass is 9.78. The molecule has 0 spiro atoms. The highest BCUT2D eigenvalue weighted by molar-refractivity contribution is 5.91. The maximum Gasteiger partial charge on any atom is 0.244 e. The summed E-state index contributed by atoms with van der Waals surface area (Å²) in [6, 6.07) is 12.0. The number of benzene rings is 2. The van der Waals surface area contributed by atoms with E-state index in [4.69, 9.17) is 0 Å². The van der Waals surface area contributed by atoms with E-state index in [0.29, 0.717) is 12.3 Å². The van der Waals surface area contributed by atoms with Crippen molar-refractivity contribution in [3.05, 3.63) is 64.7 Å². The Morgan fingerprint density at radius 1 is 0.967 bits per heavy atom. The summed E-state index contributed by atoms with van der Waals surface area (Å²) < 4.78 is 0. The third-order valence-electron chi connectivity index (χ3n) is 5.09. The largest absolute Gasteiger partial charge is 0.507 e. The van der Waals surface area contributed by atoms with Gasteiger partial charge < -0.3 is 15.3 Å². The van der Waals surface area contributed by atoms with Crippen molar-refractivity contribution in [2.24, 2.45) is 0 Å². The second-order valence-electron chi connectivity index (χ2n) is 10.1. The fourth-order valence-electron chi connectivity index (χ4n) is 3.24. The maximum atomic E-state index is 12.3. The van der Waals surface area contributed by atoms with Gasteiger partial charge in [0.2, 0.25) is 5.91 Å². The van der Waals surface area contributed by atoms with Gasteiger partial charge in [-0.25, -0.2) is 0 Å². The Balaban J connectivity index is 2.15. The molecule has 162 valence electrons. The molecule has 0 bridgehead atoms. The van der Waals surface area contributed by atoms with E-state index in [0.717, 1.165) is 27.9 Å². The summed E-state index contributed by atoms with van der Waals surface area (Å²) in [5.41, 5.74) is 4.50. The zero-order chi connectivity index (χ0) is 22.7. The number of anilines is 1. The highest BCUT2D eigenvalue weighted by atomic mass is 16.3. The molecule has 30 heavy (non-hydrogen) atoms. The average Bonchev–Trinajstić information content (AvgIpc) is 2.63. The minimum atomic E-state index is -0.192. The molecular formula is C26H36N2O2. The van der Waals surface area contributed by atoms with Crippen molar-refractivity contribution in [2.75, 3.05) is 19.0 Å². The predicted molar refractivity (Wildman–Crippen MR) is 127 cm³/mol. The van der Waals surface area contributed by atoms with Crippen LogP contribution in [0.2, 0.25) is 0 Å². The number of carbonyl (C=O) groups is 1. The van der Waals surface area contributed by atoms with Crippen LogP contribution in [0.25, 0.3) is 6.08 Å². The maximum absolute atomic E-state index is 12.3. The highest BCUT2D eigenvalue weighted by Crippen LogP contribution is 2.39. The van der Waals surface area contributed by atoms with Crippen LogP contribution in [0.3, 0.4) is 0 Å². The van der Waals surface area contributed by atoms with E-state index in [1.54, 1.807) is 6.08 Å². The van der Waals surface area contributed by atoms with E-state index in [1.165, 1.54) is 0 Å².